The number of ketones is 1. The number of nitrogens with one attached hydrogen (secondary N) is 3. The second kappa shape index (κ2) is 16.8. The normalized spacial score (nSPS) is 19.4. The van der Waals surface area contributed by atoms with Gasteiger partial charge in [-0.2, -0.15) is 0 Å². The SMILES string of the molecule is CC(C)CC(NC(=O)C(CCc1ccccc1)NC(=O)c1cc(CN2CCOCC2)on1)C(=O)NC(Cc1ccncc1)C(=O)C1(C)CO1. The number of pyridine rings is 1. The van der Waals surface area contributed by atoms with Gasteiger partial charge < -0.3 is 29.9 Å². The summed E-state index contributed by atoms with van der Waals surface area (Å²) >= 11 is 0. The Morgan fingerprint density at radius 3 is 2.24 bits per heavy atom. The van der Waals surface area contributed by atoms with Crippen molar-refractivity contribution in [1.29, 1.82) is 0 Å². The Morgan fingerprint density at radius 1 is 0.898 bits per heavy atom. The summed E-state index contributed by atoms with van der Waals surface area (Å²) in [5.41, 5.74) is 0.920. The number of carbonyl (C=O) groups is 4. The molecule has 2 fully saturated rings. The lowest BCUT2D eigenvalue weighted by Crippen LogP contribution is -2.57. The lowest BCUT2D eigenvalue weighted by atomic mass is 9.94. The summed E-state index contributed by atoms with van der Waals surface area (Å²) < 4.78 is 16.3. The number of aromatic nitrogens is 2. The van der Waals surface area contributed by atoms with Crippen molar-refractivity contribution >= 4 is 23.5 Å². The number of morpholine rings is 1. The van der Waals surface area contributed by atoms with E-state index in [9.17, 15) is 19.2 Å². The molecule has 4 unspecified atom stereocenters. The number of hydrogen-bond acceptors (Lipinski definition) is 10. The second-order valence-electron chi connectivity index (χ2n) is 13.3. The number of carbonyl (C=O) groups excluding carboxylic acids is 4. The zero-order valence-electron chi connectivity index (χ0n) is 28.4. The van der Waals surface area contributed by atoms with E-state index in [0.717, 1.165) is 24.2 Å². The van der Waals surface area contributed by atoms with Gasteiger partial charge in [-0.15, -0.1) is 0 Å². The molecule has 49 heavy (non-hydrogen) atoms. The molecule has 0 radical (unpaired) electrons. The number of Topliss-reactive ketones (excluding diaryl/α,β-unsaturated/α-hetero) is 1. The molecular weight excluding hydrogens is 628 g/mol. The molecule has 0 saturated carbocycles. The average molecular weight is 675 g/mol. The summed E-state index contributed by atoms with van der Waals surface area (Å²) in [6.45, 7) is 9.12. The first-order valence-electron chi connectivity index (χ1n) is 16.9. The quantitative estimate of drug-likeness (QED) is 0.181. The van der Waals surface area contributed by atoms with Crippen LogP contribution in [-0.2, 0) is 43.2 Å². The highest BCUT2D eigenvalue weighted by atomic mass is 16.6. The van der Waals surface area contributed by atoms with Crippen LogP contribution in [0.4, 0.5) is 0 Å². The van der Waals surface area contributed by atoms with Gasteiger partial charge in [0.05, 0.1) is 32.4 Å². The fourth-order valence-corrected chi connectivity index (χ4v) is 5.76. The predicted molar refractivity (Wildman–Crippen MR) is 179 cm³/mol. The smallest absolute Gasteiger partial charge is 0.274 e. The number of epoxide rings is 1. The molecule has 3 aromatic rings. The Hall–Kier alpha value is -4.46. The molecule has 3 amide bonds. The van der Waals surface area contributed by atoms with Crippen molar-refractivity contribution < 1.29 is 33.2 Å². The van der Waals surface area contributed by atoms with Crippen LogP contribution in [0.1, 0.15) is 61.0 Å². The molecule has 3 N–H and O–H groups in total. The van der Waals surface area contributed by atoms with E-state index in [1.54, 1.807) is 37.5 Å². The highest BCUT2D eigenvalue weighted by Gasteiger charge is 2.50. The topological polar surface area (TPSA) is 168 Å². The molecule has 4 heterocycles. The van der Waals surface area contributed by atoms with E-state index in [1.165, 1.54) is 0 Å². The number of aryl methyl sites for hydroxylation is 1. The Labute approximate surface area is 286 Å². The molecule has 13 heteroatoms. The van der Waals surface area contributed by atoms with Crippen molar-refractivity contribution in [3.63, 3.8) is 0 Å². The Morgan fingerprint density at radius 2 is 1.57 bits per heavy atom. The Bertz CT molecular complexity index is 1550. The first kappa shape index (κ1) is 35.8. The number of amides is 3. The minimum atomic E-state index is -0.984. The van der Waals surface area contributed by atoms with E-state index in [4.69, 9.17) is 14.0 Å². The number of rotatable bonds is 17. The van der Waals surface area contributed by atoms with Crippen LogP contribution in [-0.4, -0.2) is 95.2 Å². The molecule has 4 atom stereocenters. The van der Waals surface area contributed by atoms with Gasteiger partial charge in [-0.25, -0.2) is 0 Å². The molecular formula is C36H46N6O7. The molecule has 13 nitrogen and oxygen atoms in total. The van der Waals surface area contributed by atoms with Crippen LogP contribution in [0.5, 0.6) is 0 Å². The van der Waals surface area contributed by atoms with Gasteiger partial charge in [0.1, 0.15) is 17.7 Å². The van der Waals surface area contributed by atoms with E-state index in [1.807, 2.05) is 44.2 Å². The molecule has 2 saturated heterocycles. The van der Waals surface area contributed by atoms with E-state index in [2.05, 4.69) is 31.0 Å². The maximum Gasteiger partial charge on any atom is 0.274 e. The van der Waals surface area contributed by atoms with Gasteiger partial charge in [0.15, 0.2) is 17.2 Å². The third-order valence-electron chi connectivity index (χ3n) is 8.72. The Balaban J connectivity index is 1.29. The van der Waals surface area contributed by atoms with Crippen LogP contribution in [0.3, 0.4) is 0 Å². The number of benzene rings is 1. The molecule has 2 aliphatic heterocycles. The molecule has 1 aromatic carbocycles. The third-order valence-corrected chi connectivity index (χ3v) is 8.72. The molecule has 0 bridgehead atoms. The fraction of sp³-hybridized carbons (Fsp3) is 0.500. The maximum absolute atomic E-state index is 13.9. The predicted octanol–water partition coefficient (Wildman–Crippen LogP) is 2.25. The van der Waals surface area contributed by atoms with Crippen LogP contribution >= 0.6 is 0 Å². The van der Waals surface area contributed by atoms with Gasteiger partial charge in [0.2, 0.25) is 11.8 Å². The lowest BCUT2D eigenvalue weighted by molar-refractivity contribution is -0.133. The van der Waals surface area contributed by atoms with E-state index < -0.39 is 41.4 Å². The minimum absolute atomic E-state index is 0.0343. The van der Waals surface area contributed by atoms with Crippen LogP contribution in [0.15, 0.2) is 65.4 Å². The molecule has 0 aliphatic carbocycles. The van der Waals surface area contributed by atoms with Gasteiger partial charge in [0, 0.05) is 31.5 Å². The van der Waals surface area contributed by atoms with Crippen LogP contribution in [0.25, 0.3) is 0 Å². The highest BCUT2D eigenvalue weighted by molar-refractivity contribution is 5.99. The van der Waals surface area contributed by atoms with Gasteiger partial charge in [-0.3, -0.25) is 29.1 Å². The average Bonchev–Trinajstić information content (AvgIpc) is 3.68. The van der Waals surface area contributed by atoms with Crippen LogP contribution in [0.2, 0.25) is 0 Å². The maximum atomic E-state index is 13.9. The summed E-state index contributed by atoms with van der Waals surface area (Å²) in [5.74, 6) is -1.23. The van der Waals surface area contributed by atoms with Gasteiger partial charge in [-0.1, -0.05) is 49.3 Å². The first-order chi connectivity index (χ1) is 23.6. The van der Waals surface area contributed by atoms with Gasteiger partial charge in [-0.05, 0) is 61.8 Å². The monoisotopic (exact) mass is 674 g/mol. The number of hydrogen-bond donors (Lipinski definition) is 3. The van der Waals surface area contributed by atoms with Crippen LogP contribution < -0.4 is 16.0 Å². The summed E-state index contributed by atoms with van der Waals surface area (Å²) in [6, 6.07) is 12.0. The van der Waals surface area contributed by atoms with Gasteiger partial charge in [0.25, 0.3) is 5.91 Å². The second-order valence-corrected chi connectivity index (χ2v) is 13.3. The third kappa shape index (κ3) is 10.5. The summed E-state index contributed by atoms with van der Waals surface area (Å²) in [5, 5.41) is 12.6. The van der Waals surface area contributed by atoms with Crippen molar-refractivity contribution in [2.24, 2.45) is 5.92 Å². The van der Waals surface area contributed by atoms with Crippen molar-refractivity contribution in [2.75, 3.05) is 32.9 Å². The molecule has 2 aromatic heterocycles. The molecule has 0 spiro atoms. The van der Waals surface area contributed by atoms with Gasteiger partial charge >= 0.3 is 0 Å². The van der Waals surface area contributed by atoms with Crippen LogP contribution in [0, 0.1) is 5.92 Å². The van der Waals surface area contributed by atoms with Crippen molar-refractivity contribution in [3.05, 3.63) is 83.5 Å². The molecule has 2 aliphatic rings. The lowest BCUT2D eigenvalue weighted by Gasteiger charge is -2.27. The van der Waals surface area contributed by atoms with Crippen molar-refractivity contribution in [1.82, 2.24) is 31.0 Å². The standard InChI is InChI=1S/C36H46N6O7/c1-24(2)19-30(34(45)39-29(32(43)36(3)23-48-36)20-26-11-13-37-14-12-26)40-33(44)28(10-9-25-7-5-4-6-8-25)38-35(46)31-21-27(49-41-31)22-42-15-17-47-18-16-42/h4-8,11-14,21,24,28-30H,9-10,15-20,22-23H2,1-3H3,(H,38,46)(H,39,45)(H,40,44). The zero-order valence-corrected chi connectivity index (χ0v) is 28.4. The summed E-state index contributed by atoms with van der Waals surface area (Å²) in [6.07, 6.45) is 4.59. The first-order valence-corrected chi connectivity index (χ1v) is 16.9. The summed E-state index contributed by atoms with van der Waals surface area (Å²) in [4.78, 5) is 60.7. The Kier molecular flexibility index (Phi) is 12.3. The van der Waals surface area contributed by atoms with E-state index in [-0.39, 0.29) is 36.8 Å². The van der Waals surface area contributed by atoms with E-state index in [0.29, 0.717) is 38.4 Å². The molecule has 5 rings (SSSR count). The van der Waals surface area contributed by atoms with Crippen molar-refractivity contribution in [3.8, 4) is 0 Å². The zero-order chi connectivity index (χ0) is 34.8. The fourth-order valence-electron chi connectivity index (χ4n) is 5.76. The number of ether oxygens (including phenoxy) is 2. The van der Waals surface area contributed by atoms with Crippen molar-refractivity contribution in [2.45, 2.75) is 76.7 Å². The highest BCUT2D eigenvalue weighted by Crippen LogP contribution is 2.29. The molecule has 262 valence electrons. The number of nitrogens with zero attached hydrogens (tertiary/aromatic N) is 3. The largest absolute Gasteiger partial charge is 0.379 e. The summed E-state index contributed by atoms with van der Waals surface area (Å²) in [7, 11) is 0. The minimum Gasteiger partial charge on any atom is -0.379 e. The van der Waals surface area contributed by atoms with E-state index >= 15 is 0 Å².